The van der Waals surface area contributed by atoms with Gasteiger partial charge in [0.1, 0.15) is 6.61 Å². The first-order chi connectivity index (χ1) is 7.99. The number of amides is 1. The number of benzene rings is 1. The van der Waals surface area contributed by atoms with Gasteiger partial charge in [-0.15, -0.1) is 0 Å². The minimum Gasteiger partial charge on any atom is -0.375 e. The van der Waals surface area contributed by atoms with E-state index in [4.69, 9.17) is 0 Å². The lowest BCUT2D eigenvalue weighted by atomic mass is 10.3. The van der Waals surface area contributed by atoms with E-state index < -0.39 is 10.0 Å². The van der Waals surface area contributed by atoms with Crippen molar-refractivity contribution in [1.29, 1.82) is 0 Å². The summed E-state index contributed by atoms with van der Waals surface area (Å²) in [5.74, 6) is -0.341. The zero-order valence-corrected chi connectivity index (χ0v) is 10.4. The summed E-state index contributed by atoms with van der Waals surface area (Å²) in [4.78, 5) is 11.3. The van der Waals surface area contributed by atoms with Crippen molar-refractivity contribution in [2.75, 3.05) is 26.1 Å². The highest BCUT2D eigenvalue weighted by Gasteiger charge is 2.11. The summed E-state index contributed by atoms with van der Waals surface area (Å²) in [5, 5.41) is 2.52. The van der Waals surface area contributed by atoms with Gasteiger partial charge in [0.05, 0.1) is 4.90 Å². The maximum Gasteiger partial charge on any atom is 0.250 e. The van der Waals surface area contributed by atoms with Gasteiger partial charge in [0, 0.05) is 12.8 Å². The largest absolute Gasteiger partial charge is 0.375 e. The van der Waals surface area contributed by atoms with Crippen LogP contribution in [0.1, 0.15) is 0 Å². The van der Waals surface area contributed by atoms with Crippen LogP contribution in [-0.4, -0.2) is 35.1 Å². The molecule has 94 valence electrons. The van der Waals surface area contributed by atoms with E-state index in [0.717, 1.165) is 0 Å². The molecule has 6 nitrogen and oxygen atoms in total. The first-order valence-electron chi connectivity index (χ1n) is 4.82. The van der Waals surface area contributed by atoms with Crippen LogP contribution in [0.15, 0.2) is 29.2 Å². The summed E-state index contributed by atoms with van der Waals surface area (Å²) in [5.41, 5.74) is 0.406. The highest BCUT2D eigenvalue weighted by Crippen LogP contribution is 2.14. The Morgan fingerprint density at radius 3 is 2.71 bits per heavy atom. The molecule has 0 aliphatic heterocycles. The Balaban J connectivity index is 2.91. The van der Waals surface area contributed by atoms with E-state index >= 15 is 0 Å². The number of carbonyl (C=O) groups is 1. The molecule has 1 amide bonds. The smallest absolute Gasteiger partial charge is 0.250 e. The number of sulfonamides is 1. The van der Waals surface area contributed by atoms with Gasteiger partial charge in [-0.3, -0.25) is 4.79 Å². The summed E-state index contributed by atoms with van der Waals surface area (Å²) >= 11 is 0. The Hall–Kier alpha value is -1.44. The van der Waals surface area contributed by atoms with Crippen LogP contribution in [0, 0.1) is 0 Å². The van der Waals surface area contributed by atoms with Gasteiger partial charge < -0.3 is 10.1 Å². The van der Waals surface area contributed by atoms with Crippen molar-refractivity contribution < 1.29 is 17.9 Å². The zero-order chi connectivity index (χ0) is 12.9. The first kappa shape index (κ1) is 13.6. The van der Waals surface area contributed by atoms with Gasteiger partial charge in [-0.25, -0.2) is 13.1 Å². The molecule has 0 radical (unpaired) electrons. The van der Waals surface area contributed by atoms with Crippen molar-refractivity contribution >= 4 is 21.6 Å². The number of ether oxygens (including phenoxy) is 1. The number of nitrogens with one attached hydrogen (secondary N) is 2. The summed E-state index contributed by atoms with van der Waals surface area (Å²) < 4.78 is 29.9. The molecule has 0 aliphatic rings. The fraction of sp³-hybridized carbons (Fsp3) is 0.300. The highest BCUT2D eigenvalue weighted by atomic mass is 32.2. The molecule has 0 spiro atoms. The third-order valence-corrected chi connectivity index (χ3v) is 3.38. The van der Waals surface area contributed by atoms with Crippen molar-refractivity contribution in [2.45, 2.75) is 4.90 Å². The SMILES string of the molecule is CNS(=O)(=O)c1cccc(NC(=O)COC)c1. The second-order valence-electron chi connectivity index (χ2n) is 3.22. The normalized spacial score (nSPS) is 11.2. The molecule has 1 aromatic carbocycles. The molecule has 0 saturated carbocycles. The second kappa shape index (κ2) is 5.76. The Labute approximate surface area is 100 Å². The van der Waals surface area contributed by atoms with Gasteiger partial charge in [-0.1, -0.05) is 6.07 Å². The van der Waals surface area contributed by atoms with Gasteiger partial charge in [-0.05, 0) is 25.2 Å². The van der Waals surface area contributed by atoms with Crippen LogP contribution in [0.5, 0.6) is 0 Å². The molecule has 0 saturated heterocycles. The van der Waals surface area contributed by atoms with Crippen LogP contribution in [0.3, 0.4) is 0 Å². The molecule has 0 unspecified atom stereocenters. The molecule has 1 rings (SSSR count). The summed E-state index contributed by atoms with van der Waals surface area (Å²) in [6, 6.07) is 5.96. The molecular weight excluding hydrogens is 244 g/mol. The lowest BCUT2D eigenvalue weighted by Crippen LogP contribution is -2.20. The number of hydrogen-bond acceptors (Lipinski definition) is 4. The number of carbonyl (C=O) groups excluding carboxylic acids is 1. The third kappa shape index (κ3) is 3.81. The number of rotatable bonds is 5. The number of methoxy groups -OCH3 is 1. The van der Waals surface area contributed by atoms with Crippen LogP contribution in [0.2, 0.25) is 0 Å². The van der Waals surface area contributed by atoms with E-state index in [-0.39, 0.29) is 17.4 Å². The van der Waals surface area contributed by atoms with Gasteiger partial charge in [0.15, 0.2) is 0 Å². The number of anilines is 1. The standard InChI is InChI=1S/C10H14N2O4S/c1-11-17(14,15)9-5-3-4-8(6-9)12-10(13)7-16-2/h3-6,11H,7H2,1-2H3,(H,12,13). The molecule has 7 heteroatoms. The average molecular weight is 258 g/mol. The van der Waals surface area contributed by atoms with Crippen LogP contribution < -0.4 is 10.0 Å². The number of hydrogen-bond donors (Lipinski definition) is 2. The van der Waals surface area contributed by atoms with E-state index in [1.807, 2.05) is 0 Å². The maximum atomic E-state index is 11.5. The lowest BCUT2D eigenvalue weighted by Gasteiger charge is -2.07. The second-order valence-corrected chi connectivity index (χ2v) is 5.10. The van der Waals surface area contributed by atoms with Crippen LogP contribution in [0.25, 0.3) is 0 Å². The van der Waals surface area contributed by atoms with Gasteiger partial charge >= 0.3 is 0 Å². The van der Waals surface area contributed by atoms with Gasteiger partial charge in [-0.2, -0.15) is 0 Å². The van der Waals surface area contributed by atoms with Crippen molar-refractivity contribution in [3.63, 3.8) is 0 Å². The Morgan fingerprint density at radius 2 is 2.12 bits per heavy atom. The fourth-order valence-corrected chi connectivity index (χ4v) is 1.96. The molecule has 0 aromatic heterocycles. The van der Waals surface area contributed by atoms with E-state index in [1.54, 1.807) is 12.1 Å². The Kier molecular flexibility index (Phi) is 4.62. The summed E-state index contributed by atoms with van der Waals surface area (Å²) in [7, 11) is -0.772. The van der Waals surface area contributed by atoms with Crippen LogP contribution >= 0.6 is 0 Å². The highest BCUT2D eigenvalue weighted by molar-refractivity contribution is 7.89. The third-order valence-electron chi connectivity index (χ3n) is 1.97. The van der Waals surface area contributed by atoms with E-state index in [1.165, 1.54) is 26.3 Å². The van der Waals surface area contributed by atoms with Crippen molar-refractivity contribution in [1.82, 2.24) is 4.72 Å². The zero-order valence-electron chi connectivity index (χ0n) is 9.56. The van der Waals surface area contributed by atoms with Crippen molar-refractivity contribution in [2.24, 2.45) is 0 Å². The van der Waals surface area contributed by atoms with Crippen molar-refractivity contribution in [3.05, 3.63) is 24.3 Å². The average Bonchev–Trinajstić information content (AvgIpc) is 2.29. The van der Waals surface area contributed by atoms with Crippen LogP contribution in [0.4, 0.5) is 5.69 Å². The maximum absolute atomic E-state index is 11.5. The molecule has 0 aliphatic carbocycles. The topological polar surface area (TPSA) is 84.5 Å². The molecule has 0 atom stereocenters. The summed E-state index contributed by atoms with van der Waals surface area (Å²) in [6.45, 7) is -0.0804. The Bertz CT molecular complexity index is 499. The predicted molar refractivity (Wildman–Crippen MR) is 63.2 cm³/mol. The predicted octanol–water partition coefficient (Wildman–Crippen LogP) is 0.180. The van der Waals surface area contributed by atoms with E-state index in [9.17, 15) is 13.2 Å². The van der Waals surface area contributed by atoms with Crippen LogP contribution in [-0.2, 0) is 19.6 Å². The monoisotopic (exact) mass is 258 g/mol. The molecule has 0 heterocycles. The lowest BCUT2D eigenvalue weighted by molar-refractivity contribution is -0.119. The fourth-order valence-electron chi connectivity index (χ4n) is 1.19. The van der Waals surface area contributed by atoms with Crippen molar-refractivity contribution in [3.8, 4) is 0 Å². The van der Waals surface area contributed by atoms with Gasteiger partial charge in [0.25, 0.3) is 0 Å². The summed E-state index contributed by atoms with van der Waals surface area (Å²) in [6.07, 6.45) is 0. The van der Waals surface area contributed by atoms with Gasteiger partial charge in [0.2, 0.25) is 15.9 Å². The minimum atomic E-state index is -3.50. The quantitative estimate of drug-likeness (QED) is 0.789. The van der Waals surface area contributed by atoms with E-state index in [0.29, 0.717) is 5.69 Å². The first-order valence-corrected chi connectivity index (χ1v) is 6.30. The molecule has 0 fully saturated rings. The Morgan fingerprint density at radius 1 is 1.41 bits per heavy atom. The van der Waals surface area contributed by atoms with E-state index in [2.05, 4.69) is 14.8 Å². The molecule has 17 heavy (non-hydrogen) atoms. The molecule has 0 bridgehead atoms. The molecular formula is C10H14N2O4S. The minimum absolute atomic E-state index is 0.0804. The molecule has 1 aromatic rings. The molecule has 2 N–H and O–H groups in total.